The number of carbonyl (C=O) groups is 1. The molecule has 4 rings (SSSR count). The molecule has 3 aromatic rings. The van der Waals surface area contributed by atoms with Crippen LogP contribution in [0.4, 0.5) is 0 Å². The molecule has 1 saturated heterocycles. The summed E-state index contributed by atoms with van der Waals surface area (Å²) >= 11 is 7.50. The van der Waals surface area contributed by atoms with Crippen molar-refractivity contribution in [2.75, 3.05) is 39.8 Å². The van der Waals surface area contributed by atoms with Gasteiger partial charge in [-0.1, -0.05) is 54.1 Å². The Morgan fingerprint density at radius 1 is 1.00 bits per heavy atom. The molecule has 1 aliphatic heterocycles. The van der Waals surface area contributed by atoms with Gasteiger partial charge >= 0.3 is 0 Å². The molecular formula is C24H26ClN3OS. The highest BCUT2D eigenvalue weighted by molar-refractivity contribution is 7.17. The van der Waals surface area contributed by atoms with Gasteiger partial charge in [-0.15, -0.1) is 11.3 Å². The molecule has 1 atom stereocenters. The lowest BCUT2D eigenvalue weighted by Crippen LogP contribution is -2.47. The molecular weight excluding hydrogens is 414 g/mol. The van der Waals surface area contributed by atoms with Crippen LogP contribution in [-0.2, 0) is 0 Å². The normalized spacial score (nSPS) is 16.3. The number of hydrogen-bond acceptors (Lipinski definition) is 4. The third-order valence-corrected chi connectivity index (χ3v) is 6.89. The molecule has 6 heteroatoms. The number of thiophene rings is 1. The fraction of sp³-hybridized carbons (Fsp3) is 0.292. The molecule has 0 radical (unpaired) electrons. The van der Waals surface area contributed by atoms with Crippen LogP contribution >= 0.6 is 22.9 Å². The van der Waals surface area contributed by atoms with Gasteiger partial charge in [0.15, 0.2) is 0 Å². The Morgan fingerprint density at radius 2 is 1.70 bits per heavy atom. The van der Waals surface area contributed by atoms with Gasteiger partial charge < -0.3 is 10.2 Å². The number of nitrogens with one attached hydrogen (secondary N) is 1. The Labute approximate surface area is 187 Å². The number of nitrogens with zero attached hydrogens (tertiary/aromatic N) is 2. The van der Waals surface area contributed by atoms with Crippen LogP contribution in [0, 0.1) is 0 Å². The standard InChI is InChI=1S/C24H26ClN3OS/c1-27-13-15-28(16-14-27)17-21(18-5-3-2-4-6-18)26-24(29)23-12-11-22(30-23)19-7-9-20(25)10-8-19/h2-12,21H,13-17H2,1H3,(H,26,29). The van der Waals surface area contributed by atoms with Crippen LogP contribution in [0.5, 0.6) is 0 Å². The van der Waals surface area contributed by atoms with Crippen LogP contribution < -0.4 is 5.32 Å². The molecule has 1 unspecified atom stereocenters. The number of hydrogen-bond donors (Lipinski definition) is 1. The highest BCUT2D eigenvalue weighted by Gasteiger charge is 2.22. The molecule has 1 N–H and O–H groups in total. The zero-order valence-corrected chi connectivity index (χ0v) is 18.6. The number of piperazine rings is 1. The van der Waals surface area contributed by atoms with Gasteiger partial charge in [-0.2, -0.15) is 0 Å². The van der Waals surface area contributed by atoms with Crippen LogP contribution in [0.15, 0.2) is 66.7 Å². The summed E-state index contributed by atoms with van der Waals surface area (Å²) in [6.45, 7) is 4.99. The number of likely N-dealkylation sites (N-methyl/N-ethyl adjacent to an activating group) is 1. The van der Waals surface area contributed by atoms with E-state index in [1.54, 1.807) is 0 Å². The van der Waals surface area contributed by atoms with Crippen LogP contribution in [0.2, 0.25) is 5.02 Å². The van der Waals surface area contributed by atoms with Crippen LogP contribution in [0.3, 0.4) is 0 Å². The van der Waals surface area contributed by atoms with Gasteiger partial charge in [0.2, 0.25) is 0 Å². The van der Waals surface area contributed by atoms with Crippen molar-refractivity contribution in [1.29, 1.82) is 0 Å². The minimum Gasteiger partial charge on any atom is -0.343 e. The Hall–Kier alpha value is -2.18. The number of carbonyl (C=O) groups excluding carboxylic acids is 1. The maximum Gasteiger partial charge on any atom is 0.261 e. The van der Waals surface area contributed by atoms with E-state index in [2.05, 4.69) is 34.3 Å². The topological polar surface area (TPSA) is 35.6 Å². The van der Waals surface area contributed by atoms with E-state index in [1.807, 2.05) is 54.6 Å². The molecule has 0 bridgehead atoms. The second-order valence-electron chi connectivity index (χ2n) is 7.71. The number of rotatable bonds is 6. The maximum absolute atomic E-state index is 13.1. The predicted octanol–water partition coefficient (Wildman–Crippen LogP) is 4.79. The van der Waals surface area contributed by atoms with Crippen LogP contribution in [0.1, 0.15) is 21.3 Å². The third-order valence-electron chi connectivity index (χ3n) is 5.50. The molecule has 0 saturated carbocycles. The highest BCUT2D eigenvalue weighted by atomic mass is 35.5. The largest absolute Gasteiger partial charge is 0.343 e. The molecule has 2 aromatic carbocycles. The smallest absolute Gasteiger partial charge is 0.261 e. The molecule has 4 nitrogen and oxygen atoms in total. The van der Waals surface area contributed by atoms with E-state index in [9.17, 15) is 4.79 Å². The molecule has 0 spiro atoms. The average molecular weight is 440 g/mol. The van der Waals surface area contributed by atoms with Crippen LogP contribution in [-0.4, -0.2) is 55.5 Å². The summed E-state index contributed by atoms with van der Waals surface area (Å²) in [6, 6.07) is 21.8. The van der Waals surface area contributed by atoms with E-state index in [0.717, 1.165) is 53.6 Å². The Morgan fingerprint density at radius 3 is 2.40 bits per heavy atom. The molecule has 1 fully saturated rings. The lowest BCUT2D eigenvalue weighted by atomic mass is 10.1. The molecule has 1 aliphatic rings. The van der Waals surface area contributed by atoms with Gasteiger partial charge in [0, 0.05) is 42.6 Å². The molecule has 0 aliphatic carbocycles. The first-order chi connectivity index (χ1) is 14.6. The zero-order chi connectivity index (χ0) is 20.9. The van der Waals surface area contributed by atoms with Crippen molar-refractivity contribution in [2.45, 2.75) is 6.04 Å². The van der Waals surface area contributed by atoms with Crippen molar-refractivity contribution in [3.8, 4) is 10.4 Å². The summed E-state index contributed by atoms with van der Waals surface area (Å²) < 4.78 is 0. The molecule has 156 valence electrons. The van der Waals surface area contributed by atoms with Crippen molar-refractivity contribution >= 4 is 28.8 Å². The summed E-state index contributed by atoms with van der Waals surface area (Å²) in [5.74, 6) is -0.0248. The number of amides is 1. The van der Waals surface area contributed by atoms with Gasteiger partial charge in [0.05, 0.1) is 10.9 Å². The average Bonchev–Trinajstić information content (AvgIpc) is 3.26. The van der Waals surface area contributed by atoms with Gasteiger partial charge in [0.1, 0.15) is 0 Å². The Bertz CT molecular complexity index is 966. The molecule has 1 aromatic heterocycles. The Balaban J connectivity index is 1.48. The van der Waals surface area contributed by atoms with Crippen molar-refractivity contribution in [3.05, 3.63) is 82.2 Å². The molecule has 30 heavy (non-hydrogen) atoms. The SMILES string of the molecule is CN1CCN(CC(NC(=O)c2ccc(-c3ccc(Cl)cc3)s2)c2ccccc2)CC1. The number of benzene rings is 2. The lowest BCUT2D eigenvalue weighted by molar-refractivity contribution is 0.0911. The predicted molar refractivity (Wildman–Crippen MR) is 125 cm³/mol. The van der Waals surface area contributed by atoms with Crippen molar-refractivity contribution < 1.29 is 4.79 Å². The summed E-state index contributed by atoms with van der Waals surface area (Å²) in [5, 5.41) is 3.99. The van der Waals surface area contributed by atoms with E-state index >= 15 is 0 Å². The summed E-state index contributed by atoms with van der Waals surface area (Å²) in [4.78, 5) is 19.6. The van der Waals surface area contributed by atoms with E-state index < -0.39 is 0 Å². The van der Waals surface area contributed by atoms with Crippen molar-refractivity contribution in [3.63, 3.8) is 0 Å². The van der Waals surface area contributed by atoms with E-state index in [1.165, 1.54) is 11.3 Å². The second kappa shape index (κ2) is 9.75. The minimum absolute atomic E-state index is 0.0248. The molecule has 2 heterocycles. The highest BCUT2D eigenvalue weighted by Crippen LogP contribution is 2.29. The quantitative estimate of drug-likeness (QED) is 0.600. The lowest BCUT2D eigenvalue weighted by Gasteiger charge is -2.35. The van der Waals surface area contributed by atoms with Crippen LogP contribution in [0.25, 0.3) is 10.4 Å². The summed E-state index contributed by atoms with van der Waals surface area (Å²) in [6.07, 6.45) is 0. The Kier molecular flexibility index (Phi) is 6.85. The third kappa shape index (κ3) is 5.29. The number of halogens is 1. The van der Waals surface area contributed by atoms with E-state index in [4.69, 9.17) is 11.6 Å². The second-order valence-corrected chi connectivity index (χ2v) is 9.23. The minimum atomic E-state index is -0.0387. The van der Waals surface area contributed by atoms with E-state index in [-0.39, 0.29) is 11.9 Å². The van der Waals surface area contributed by atoms with E-state index in [0.29, 0.717) is 5.02 Å². The summed E-state index contributed by atoms with van der Waals surface area (Å²) in [7, 11) is 2.16. The van der Waals surface area contributed by atoms with Gasteiger partial charge in [0.25, 0.3) is 5.91 Å². The first kappa shape index (κ1) is 21.1. The van der Waals surface area contributed by atoms with Gasteiger partial charge in [-0.05, 0) is 42.4 Å². The van der Waals surface area contributed by atoms with Gasteiger partial charge in [-0.3, -0.25) is 9.69 Å². The van der Waals surface area contributed by atoms with Crippen molar-refractivity contribution in [1.82, 2.24) is 15.1 Å². The monoisotopic (exact) mass is 439 g/mol. The summed E-state index contributed by atoms with van der Waals surface area (Å²) in [5.41, 5.74) is 2.21. The fourth-order valence-electron chi connectivity index (χ4n) is 3.67. The zero-order valence-electron chi connectivity index (χ0n) is 17.1. The fourth-order valence-corrected chi connectivity index (χ4v) is 4.71. The first-order valence-electron chi connectivity index (χ1n) is 10.2. The van der Waals surface area contributed by atoms with Gasteiger partial charge in [-0.25, -0.2) is 0 Å². The maximum atomic E-state index is 13.1. The first-order valence-corrected chi connectivity index (χ1v) is 11.4. The van der Waals surface area contributed by atoms with Crippen molar-refractivity contribution in [2.24, 2.45) is 0 Å². The molecule has 1 amide bonds.